The summed E-state index contributed by atoms with van der Waals surface area (Å²) in [7, 11) is 0. The Morgan fingerprint density at radius 3 is 2.20 bits per heavy atom. The molecule has 1 aliphatic carbocycles. The van der Waals surface area contributed by atoms with E-state index >= 15 is 0 Å². The number of hydrogen-bond acceptors (Lipinski definition) is 5. The maximum Gasteiger partial charge on any atom is 0.354 e. The van der Waals surface area contributed by atoms with Crippen LogP contribution in [0.3, 0.4) is 0 Å². The number of imide groups is 1. The molecule has 25 heavy (non-hydrogen) atoms. The Bertz CT molecular complexity index is 689. The molecule has 1 heterocycles. The fraction of sp³-hybridized carbons (Fsp3) is 0.444. The summed E-state index contributed by atoms with van der Waals surface area (Å²) in [6.45, 7) is 1.47. The maximum absolute atomic E-state index is 12.2. The Hall–Kier alpha value is -2.70. The first kappa shape index (κ1) is 17.1. The van der Waals surface area contributed by atoms with Gasteiger partial charge in [0.1, 0.15) is 6.04 Å². The maximum atomic E-state index is 12.2. The van der Waals surface area contributed by atoms with Gasteiger partial charge in [-0.2, -0.15) is 0 Å². The molecule has 0 aromatic heterocycles. The highest BCUT2D eigenvalue weighted by molar-refractivity contribution is 6.20. The average molecular weight is 344 g/mol. The van der Waals surface area contributed by atoms with Crippen LogP contribution >= 0.6 is 0 Å². The molecule has 7 heteroatoms. The van der Waals surface area contributed by atoms with Gasteiger partial charge in [-0.1, -0.05) is 36.5 Å². The highest BCUT2D eigenvalue weighted by Gasteiger charge is 2.39. The lowest BCUT2D eigenvalue weighted by Gasteiger charge is -2.23. The van der Waals surface area contributed by atoms with E-state index in [2.05, 4.69) is 5.32 Å². The third-order valence-electron chi connectivity index (χ3n) is 4.63. The summed E-state index contributed by atoms with van der Waals surface area (Å²) < 4.78 is 0. The molecule has 3 rings (SSSR count). The van der Waals surface area contributed by atoms with E-state index in [-0.39, 0.29) is 23.0 Å². The zero-order valence-electron chi connectivity index (χ0n) is 14.0. The van der Waals surface area contributed by atoms with Crippen LogP contribution in [0.25, 0.3) is 0 Å². The Kier molecular flexibility index (Phi) is 4.83. The number of carbonyl (C=O) groups is 4. The zero-order chi connectivity index (χ0) is 18.0. The third-order valence-corrected chi connectivity index (χ3v) is 4.63. The molecule has 1 N–H and O–H groups in total. The minimum absolute atomic E-state index is 0.0942. The number of carbonyl (C=O) groups excluding carboxylic acids is 4. The second-order valence-electron chi connectivity index (χ2n) is 6.43. The summed E-state index contributed by atoms with van der Waals surface area (Å²) in [5.41, 5.74) is 0.387. The van der Waals surface area contributed by atoms with E-state index in [1.807, 2.05) is 0 Å². The molecule has 0 spiro atoms. The zero-order valence-corrected chi connectivity index (χ0v) is 14.0. The smallest absolute Gasteiger partial charge is 0.343 e. The van der Waals surface area contributed by atoms with Crippen LogP contribution in [-0.4, -0.2) is 34.8 Å². The van der Waals surface area contributed by atoms with E-state index in [0.717, 1.165) is 32.1 Å². The van der Waals surface area contributed by atoms with Crippen LogP contribution in [-0.2, 0) is 14.4 Å². The molecule has 7 nitrogen and oxygen atoms in total. The van der Waals surface area contributed by atoms with Gasteiger partial charge >= 0.3 is 5.97 Å². The van der Waals surface area contributed by atoms with Gasteiger partial charge in [-0.15, -0.1) is 0 Å². The van der Waals surface area contributed by atoms with Crippen molar-refractivity contribution in [3.8, 4) is 0 Å². The van der Waals surface area contributed by atoms with Crippen LogP contribution in [0.15, 0.2) is 24.3 Å². The fourth-order valence-corrected chi connectivity index (χ4v) is 3.17. The van der Waals surface area contributed by atoms with Crippen molar-refractivity contribution < 1.29 is 24.0 Å². The molecule has 0 radical (unpaired) electrons. The number of hydrogen-bond donors (Lipinski definition) is 1. The number of hydroxylamine groups is 2. The number of benzene rings is 1. The van der Waals surface area contributed by atoms with Crippen LogP contribution in [0.4, 0.5) is 0 Å². The van der Waals surface area contributed by atoms with Gasteiger partial charge in [-0.25, -0.2) is 4.79 Å². The average Bonchev–Trinajstić information content (AvgIpc) is 2.87. The predicted octanol–water partition coefficient (Wildman–Crippen LogP) is 1.83. The van der Waals surface area contributed by atoms with Crippen LogP contribution in [0.2, 0.25) is 0 Å². The van der Waals surface area contributed by atoms with Gasteiger partial charge in [-0.05, 0) is 31.9 Å². The summed E-state index contributed by atoms with van der Waals surface area (Å²) in [5.74, 6) is -2.49. The molecule has 1 aromatic rings. The first-order valence-electron chi connectivity index (χ1n) is 8.49. The predicted molar refractivity (Wildman–Crippen MR) is 87.2 cm³/mol. The van der Waals surface area contributed by atoms with Crippen molar-refractivity contribution in [2.75, 3.05) is 0 Å². The standard InChI is InChI=1S/C18H20N2O5/c1-11(19-15(21)12-7-3-2-4-8-12)18(24)25-20-16(22)13-9-5-6-10-14(13)17(20)23/h5-6,9-12H,2-4,7-8H2,1H3,(H,19,21)/t11-/m0/s1. The van der Waals surface area contributed by atoms with Crippen molar-refractivity contribution in [2.24, 2.45) is 5.92 Å². The summed E-state index contributed by atoms with van der Waals surface area (Å²) in [6.07, 6.45) is 4.76. The van der Waals surface area contributed by atoms with Gasteiger partial charge in [-0.3, -0.25) is 14.4 Å². The first-order chi connectivity index (χ1) is 12.0. The van der Waals surface area contributed by atoms with E-state index in [9.17, 15) is 19.2 Å². The van der Waals surface area contributed by atoms with Gasteiger partial charge in [0, 0.05) is 5.92 Å². The van der Waals surface area contributed by atoms with Crippen molar-refractivity contribution in [2.45, 2.75) is 45.1 Å². The summed E-state index contributed by atoms with van der Waals surface area (Å²) >= 11 is 0. The molecular formula is C18H20N2O5. The van der Waals surface area contributed by atoms with Crippen molar-refractivity contribution in [3.05, 3.63) is 35.4 Å². The number of nitrogens with zero attached hydrogens (tertiary/aromatic N) is 1. The fourth-order valence-electron chi connectivity index (χ4n) is 3.17. The molecule has 2 aliphatic rings. The molecule has 1 aliphatic heterocycles. The Labute approximate surface area is 145 Å². The van der Waals surface area contributed by atoms with Gasteiger partial charge < -0.3 is 10.2 Å². The highest BCUT2D eigenvalue weighted by Crippen LogP contribution is 2.24. The van der Waals surface area contributed by atoms with Crippen LogP contribution in [0, 0.1) is 5.92 Å². The molecule has 0 unspecified atom stereocenters. The van der Waals surface area contributed by atoms with Crippen molar-refractivity contribution >= 4 is 23.7 Å². The van der Waals surface area contributed by atoms with Gasteiger partial charge in [0.2, 0.25) is 5.91 Å². The topological polar surface area (TPSA) is 92.8 Å². The first-order valence-corrected chi connectivity index (χ1v) is 8.49. The number of amides is 3. The minimum atomic E-state index is -0.946. The lowest BCUT2D eigenvalue weighted by molar-refractivity contribution is -0.171. The van der Waals surface area contributed by atoms with E-state index in [4.69, 9.17) is 4.84 Å². The molecule has 0 bridgehead atoms. The van der Waals surface area contributed by atoms with E-state index in [1.54, 1.807) is 12.1 Å². The van der Waals surface area contributed by atoms with E-state index < -0.39 is 23.8 Å². The SMILES string of the molecule is C[C@H](NC(=O)C1CCCCC1)C(=O)ON1C(=O)c2ccccc2C1=O. The Balaban J connectivity index is 1.59. The molecule has 0 saturated heterocycles. The second-order valence-corrected chi connectivity index (χ2v) is 6.43. The van der Waals surface area contributed by atoms with Gasteiger partial charge in [0.15, 0.2) is 0 Å². The van der Waals surface area contributed by atoms with Crippen LogP contribution < -0.4 is 5.32 Å². The summed E-state index contributed by atoms with van der Waals surface area (Å²) in [4.78, 5) is 53.7. The summed E-state index contributed by atoms with van der Waals surface area (Å²) in [5, 5.41) is 3.07. The van der Waals surface area contributed by atoms with Crippen molar-refractivity contribution in [1.82, 2.24) is 10.4 Å². The van der Waals surface area contributed by atoms with E-state index in [1.165, 1.54) is 19.1 Å². The van der Waals surface area contributed by atoms with E-state index in [0.29, 0.717) is 5.06 Å². The Morgan fingerprint density at radius 1 is 1.08 bits per heavy atom. The molecule has 1 aromatic carbocycles. The highest BCUT2D eigenvalue weighted by atomic mass is 16.7. The number of nitrogens with one attached hydrogen (secondary N) is 1. The number of fused-ring (bicyclic) bond motifs is 1. The monoisotopic (exact) mass is 344 g/mol. The lowest BCUT2D eigenvalue weighted by Crippen LogP contribution is -2.45. The lowest BCUT2D eigenvalue weighted by atomic mass is 9.88. The molecule has 1 saturated carbocycles. The van der Waals surface area contributed by atoms with Crippen LogP contribution in [0.1, 0.15) is 59.7 Å². The van der Waals surface area contributed by atoms with Gasteiger partial charge in [0.25, 0.3) is 11.8 Å². The molecule has 132 valence electrons. The molecular weight excluding hydrogens is 324 g/mol. The van der Waals surface area contributed by atoms with Gasteiger partial charge in [0.05, 0.1) is 11.1 Å². The molecule has 1 fully saturated rings. The second kappa shape index (κ2) is 7.04. The summed E-state index contributed by atoms with van der Waals surface area (Å²) in [6, 6.07) is 5.30. The quantitative estimate of drug-likeness (QED) is 0.841. The normalized spacial score (nSPS) is 18.7. The van der Waals surface area contributed by atoms with Crippen LogP contribution in [0.5, 0.6) is 0 Å². The van der Waals surface area contributed by atoms with Crippen molar-refractivity contribution in [1.29, 1.82) is 0 Å². The molecule has 1 atom stereocenters. The minimum Gasteiger partial charge on any atom is -0.343 e. The number of rotatable bonds is 4. The van der Waals surface area contributed by atoms with Crippen molar-refractivity contribution in [3.63, 3.8) is 0 Å². The largest absolute Gasteiger partial charge is 0.354 e. The Morgan fingerprint density at radius 2 is 1.64 bits per heavy atom. The molecule has 3 amide bonds. The third kappa shape index (κ3) is 3.40.